The van der Waals surface area contributed by atoms with Crippen molar-refractivity contribution in [1.82, 2.24) is 29.9 Å². The Hall–Kier alpha value is -2.71. The third-order valence-electron chi connectivity index (χ3n) is 3.83. The zero-order valence-corrected chi connectivity index (χ0v) is 15.5. The van der Waals surface area contributed by atoms with E-state index in [1.165, 1.54) is 11.8 Å². The molecule has 3 aromatic heterocycles. The number of thioether (sulfide) groups is 1. The second-order valence-corrected chi connectivity index (χ2v) is 6.42. The molecule has 4 rings (SSSR count). The predicted molar refractivity (Wildman–Crippen MR) is 101 cm³/mol. The Morgan fingerprint density at radius 1 is 1.12 bits per heavy atom. The van der Waals surface area contributed by atoms with Gasteiger partial charge in [0.15, 0.2) is 11.0 Å². The SMILES string of the molecule is COc1ccc2c(c1)nnn2-c1nc(SC)nc(Cl)c1-c1ccncc1. The fourth-order valence-corrected chi connectivity index (χ4v) is 3.29. The van der Waals surface area contributed by atoms with Crippen LogP contribution in [0.3, 0.4) is 0 Å². The molecular formula is C17H13ClN6OS. The van der Waals surface area contributed by atoms with Crippen LogP contribution in [0.5, 0.6) is 5.75 Å². The van der Waals surface area contributed by atoms with Crippen LogP contribution in [0.2, 0.25) is 5.15 Å². The van der Waals surface area contributed by atoms with E-state index in [0.717, 1.165) is 11.1 Å². The van der Waals surface area contributed by atoms with Gasteiger partial charge in [0.05, 0.1) is 18.2 Å². The number of fused-ring (bicyclic) bond motifs is 1. The van der Waals surface area contributed by atoms with Gasteiger partial charge < -0.3 is 4.74 Å². The molecule has 0 saturated heterocycles. The Bertz CT molecular complexity index is 1090. The van der Waals surface area contributed by atoms with E-state index in [1.54, 1.807) is 24.2 Å². The van der Waals surface area contributed by atoms with Gasteiger partial charge in [-0.1, -0.05) is 28.6 Å². The third-order valence-corrected chi connectivity index (χ3v) is 4.65. The molecule has 3 heterocycles. The minimum absolute atomic E-state index is 0.350. The van der Waals surface area contributed by atoms with Crippen molar-refractivity contribution in [2.24, 2.45) is 0 Å². The second-order valence-electron chi connectivity index (χ2n) is 5.29. The summed E-state index contributed by atoms with van der Waals surface area (Å²) in [5.41, 5.74) is 3.02. The molecule has 0 aliphatic carbocycles. The fourth-order valence-electron chi connectivity index (χ4n) is 2.60. The maximum Gasteiger partial charge on any atom is 0.190 e. The number of pyridine rings is 1. The van der Waals surface area contributed by atoms with Crippen molar-refractivity contribution in [2.45, 2.75) is 5.16 Å². The normalized spacial score (nSPS) is 11.0. The molecule has 9 heteroatoms. The molecule has 26 heavy (non-hydrogen) atoms. The van der Waals surface area contributed by atoms with Crippen molar-refractivity contribution in [3.8, 4) is 22.7 Å². The van der Waals surface area contributed by atoms with Gasteiger partial charge in [0.25, 0.3) is 0 Å². The molecule has 0 atom stereocenters. The molecule has 0 unspecified atom stereocenters. The Labute approximate surface area is 158 Å². The van der Waals surface area contributed by atoms with Gasteiger partial charge >= 0.3 is 0 Å². The van der Waals surface area contributed by atoms with Gasteiger partial charge in [0, 0.05) is 18.5 Å². The summed E-state index contributed by atoms with van der Waals surface area (Å²) in [6.45, 7) is 0. The smallest absolute Gasteiger partial charge is 0.190 e. The lowest BCUT2D eigenvalue weighted by Crippen LogP contribution is -2.06. The summed E-state index contributed by atoms with van der Waals surface area (Å²) in [6.07, 6.45) is 5.29. The second kappa shape index (κ2) is 6.89. The monoisotopic (exact) mass is 384 g/mol. The maximum atomic E-state index is 6.50. The van der Waals surface area contributed by atoms with Crippen molar-refractivity contribution >= 4 is 34.4 Å². The highest BCUT2D eigenvalue weighted by Gasteiger charge is 2.19. The molecule has 0 aliphatic heterocycles. The topological polar surface area (TPSA) is 78.6 Å². The van der Waals surface area contributed by atoms with E-state index in [1.807, 2.05) is 36.6 Å². The molecule has 0 bridgehead atoms. The summed E-state index contributed by atoms with van der Waals surface area (Å²) in [4.78, 5) is 13.1. The Morgan fingerprint density at radius 3 is 2.65 bits per heavy atom. The molecule has 0 N–H and O–H groups in total. The predicted octanol–water partition coefficient (Wildman–Crippen LogP) is 3.66. The number of aromatic nitrogens is 6. The summed E-state index contributed by atoms with van der Waals surface area (Å²) in [6, 6.07) is 9.28. The van der Waals surface area contributed by atoms with E-state index < -0.39 is 0 Å². The summed E-state index contributed by atoms with van der Waals surface area (Å²) in [5, 5.41) is 9.42. The van der Waals surface area contributed by atoms with E-state index in [4.69, 9.17) is 16.3 Å². The molecule has 0 fully saturated rings. The molecular weight excluding hydrogens is 372 g/mol. The number of benzene rings is 1. The number of rotatable bonds is 4. The average molecular weight is 385 g/mol. The van der Waals surface area contributed by atoms with E-state index in [-0.39, 0.29) is 0 Å². The van der Waals surface area contributed by atoms with Crippen molar-refractivity contribution in [2.75, 3.05) is 13.4 Å². The van der Waals surface area contributed by atoms with Gasteiger partial charge in [0.2, 0.25) is 0 Å². The standard InChI is InChI=1S/C17H13ClN6OS/c1-25-11-3-4-13-12(9-11)22-23-24(13)16-14(10-5-7-19-8-6-10)15(18)20-17(21-16)26-2/h3-9H,1-2H3. The van der Waals surface area contributed by atoms with Gasteiger partial charge in [-0.05, 0) is 36.1 Å². The summed E-state index contributed by atoms with van der Waals surface area (Å²) < 4.78 is 6.92. The van der Waals surface area contributed by atoms with Gasteiger partial charge in [0.1, 0.15) is 16.4 Å². The van der Waals surface area contributed by atoms with Crippen molar-refractivity contribution in [1.29, 1.82) is 0 Å². The van der Waals surface area contributed by atoms with Crippen LogP contribution in [0.1, 0.15) is 0 Å². The third kappa shape index (κ3) is 2.87. The van der Waals surface area contributed by atoms with E-state index >= 15 is 0 Å². The highest BCUT2D eigenvalue weighted by Crippen LogP contribution is 2.34. The van der Waals surface area contributed by atoms with E-state index in [2.05, 4.69) is 25.3 Å². The Kier molecular flexibility index (Phi) is 4.44. The highest BCUT2D eigenvalue weighted by molar-refractivity contribution is 7.98. The molecule has 0 radical (unpaired) electrons. The lowest BCUT2D eigenvalue weighted by molar-refractivity contribution is 0.415. The molecule has 7 nitrogen and oxygen atoms in total. The van der Waals surface area contributed by atoms with Gasteiger partial charge in [-0.15, -0.1) is 5.10 Å². The minimum atomic E-state index is 0.350. The average Bonchev–Trinajstić information content (AvgIpc) is 3.10. The fraction of sp³-hybridized carbons (Fsp3) is 0.118. The van der Waals surface area contributed by atoms with Crippen molar-refractivity contribution < 1.29 is 4.74 Å². The maximum absolute atomic E-state index is 6.50. The van der Waals surface area contributed by atoms with Crippen LogP contribution >= 0.6 is 23.4 Å². The zero-order chi connectivity index (χ0) is 18.1. The van der Waals surface area contributed by atoms with Crippen LogP contribution in [0, 0.1) is 0 Å². The van der Waals surface area contributed by atoms with Crippen LogP contribution in [0.4, 0.5) is 0 Å². The first-order valence-corrected chi connectivity index (χ1v) is 9.23. The molecule has 0 saturated carbocycles. The number of nitrogens with zero attached hydrogens (tertiary/aromatic N) is 6. The zero-order valence-electron chi connectivity index (χ0n) is 13.9. The van der Waals surface area contributed by atoms with E-state index in [9.17, 15) is 0 Å². The molecule has 4 aromatic rings. The Balaban J connectivity index is 2.00. The number of ether oxygens (including phenoxy) is 1. The van der Waals surface area contributed by atoms with Crippen LogP contribution in [-0.2, 0) is 0 Å². The molecule has 130 valence electrons. The van der Waals surface area contributed by atoms with Crippen LogP contribution < -0.4 is 4.74 Å². The van der Waals surface area contributed by atoms with Crippen molar-refractivity contribution in [3.63, 3.8) is 0 Å². The lowest BCUT2D eigenvalue weighted by atomic mass is 10.1. The molecule has 1 aromatic carbocycles. The first-order chi connectivity index (χ1) is 12.7. The van der Waals surface area contributed by atoms with Crippen LogP contribution in [-0.4, -0.2) is 43.3 Å². The largest absolute Gasteiger partial charge is 0.497 e. The van der Waals surface area contributed by atoms with Crippen LogP contribution in [0.15, 0.2) is 47.9 Å². The summed E-state index contributed by atoms with van der Waals surface area (Å²) in [7, 11) is 1.61. The lowest BCUT2D eigenvalue weighted by Gasteiger charge is -2.12. The van der Waals surface area contributed by atoms with Crippen LogP contribution in [0.25, 0.3) is 28.0 Å². The van der Waals surface area contributed by atoms with E-state index in [0.29, 0.717) is 33.0 Å². The molecule has 0 spiro atoms. The molecule has 0 aliphatic rings. The quantitative estimate of drug-likeness (QED) is 0.302. The number of methoxy groups -OCH3 is 1. The van der Waals surface area contributed by atoms with Gasteiger partial charge in [-0.25, -0.2) is 9.97 Å². The summed E-state index contributed by atoms with van der Waals surface area (Å²) in [5.74, 6) is 1.28. The molecule has 0 amide bonds. The number of hydrogen-bond donors (Lipinski definition) is 0. The number of halogens is 1. The Morgan fingerprint density at radius 2 is 1.92 bits per heavy atom. The van der Waals surface area contributed by atoms with Gasteiger partial charge in [-0.2, -0.15) is 4.68 Å². The summed E-state index contributed by atoms with van der Waals surface area (Å²) >= 11 is 7.91. The first kappa shape index (κ1) is 16.7. The minimum Gasteiger partial charge on any atom is -0.497 e. The highest BCUT2D eigenvalue weighted by atomic mass is 35.5. The van der Waals surface area contributed by atoms with Crippen molar-refractivity contribution in [3.05, 3.63) is 47.9 Å². The van der Waals surface area contributed by atoms with Gasteiger partial charge in [-0.3, -0.25) is 4.98 Å². The first-order valence-electron chi connectivity index (χ1n) is 7.63. The number of hydrogen-bond acceptors (Lipinski definition) is 7.